The van der Waals surface area contributed by atoms with Crippen LogP contribution in [0.5, 0.6) is 0 Å². The Kier molecular flexibility index (Phi) is 5.15. The topological polar surface area (TPSA) is 81.3 Å². The monoisotopic (exact) mass is 391 g/mol. The summed E-state index contributed by atoms with van der Waals surface area (Å²) < 4.78 is 16.3. The van der Waals surface area contributed by atoms with Gasteiger partial charge in [0.2, 0.25) is 0 Å². The van der Waals surface area contributed by atoms with Gasteiger partial charge in [-0.15, -0.1) is 10.2 Å². The van der Waals surface area contributed by atoms with Crippen LogP contribution in [0.3, 0.4) is 0 Å². The summed E-state index contributed by atoms with van der Waals surface area (Å²) in [5.41, 5.74) is 1.33. The van der Waals surface area contributed by atoms with Gasteiger partial charge in [0.25, 0.3) is 11.5 Å². The number of nitrogens with one attached hydrogen (secondary N) is 1. The minimum atomic E-state index is -0.392. The highest BCUT2D eigenvalue weighted by Crippen LogP contribution is 2.08. The van der Waals surface area contributed by atoms with Gasteiger partial charge in [0.15, 0.2) is 5.65 Å². The number of hydrogen-bond acceptors (Lipinski definition) is 4. The fraction of sp³-hybridized carbons (Fsp3) is 0.143. The number of fused-ring (bicyclic) bond motifs is 1. The average Bonchev–Trinajstić information content (AvgIpc) is 3.15. The van der Waals surface area contributed by atoms with E-state index in [9.17, 15) is 14.0 Å². The Morgan fingerprint density at radius 2 is 1.86 bits per heavy atom. The smallest absolute Gasteiger partial charge is 0.255 e. The zero-order chi connectivity index (χ0) is 20.2. The number of benzene rings is 1. The predicted octanol–water partition coefficient (Wildman–Crippen LogP) is 2.38. The van der Waals surface area contributed by atoms with E-state index in [0.29, 0.717) is 30.6 Å². The van der Waals surface area contributed by atoms with Crippen molar-refractivity contribution in [1.29, 1.82) is 0 Å². The molecule has 3 aromatic heterocycles. The SMILES string of the molecule is O=C(NCCCc1nnc2ccccn12)c1ccc(=O)n(-c2ccc(F)cc2)c1. The van der Waals surface area contributed by atoms with Gasteiger partial charge in [-0.05, 0) is 48.9 Å². The zero-order valence-corrected chi connectivity index (χ0v) is 15.5. The van der Waals surface area contributed by atoms with Crippen molar-refractivity contribution in [2.24, 2.45) is 0 Å². The summed E-state index contributed by atoms with van der Waals surface area (Å²) in [6.45, 7) is 0.455. The van der Waals surface area contributed by atoms with Crippen LogP contribution in [0.1, 0.15) is 22.6 Å². The van der Waals surface area contributed by atoms with E-state index in [2.05, 4.69) is 15.5 Å². The van der Waals surface area contributed by atoms with Gasteiger partial charge in [0.05, 0.1) is 5.56 Å². The van der Waals surface area contributed by atoms with Crippen LogP contribution in [-0.4, -0.2) is 31.6 Å². The van der Waals surface area contributed by atoms with Crippen molar-refractivity contribution in [1.82, 2.24) is 24.5 Å². The number of carbonyl (C=O) groups excluding carboxylic acids is 1. The van der Waals surface area contributed by atoms with Crippen molar-refractivity contribution < 1.29 is 9.18 Å². The van der Waals surface area contributed by atoms with E-state index in [-0.39, 0.29) is 11.5 Å². The molecule has 4 aromatic rings. The van der Waals surface area contributed by atoms with E-state index < -0.39 is 5.82 Å². The molecule has 0 radical (unpaired) electrons. The standard InChI is InChI=1S/C21H18FN5O2/c22-16-7-9-17(10-8-16)27-14-15(6-11-20(27)28)21(29)23-12-3-5-19-25-24-18-4-1-2-13-26(18)19/h1-2,4,6-11,13-14H,3,5,12H2,(H,23,29). The maximum absolute atomic E-state index is 13.1. The number of halogens is 1. The molecule has 1 N–H and O–H groups in total. The van der Waals surface area contributed by atoms with E-state index in [1.807, 2.05) is 28.8 Å². The highest BCUT2D eigenvalue weighted by molar-refractivity contribution is 5.93. The predicted molar refractivity (Wildman–Crippen MR) is 106 cm³/mol. The molecule has 7 nitrogen and oxygen atoms in total. The molecule has 0 spiro atoms. The summed E-state index contributed by atoms with van der Waals surface area (Å²) in [4.78, 5) is 24.5. The van der Waals surface area contributed by atoms with E-state index in [4.69, 9.17) is 0 Å². The summed E-state index contributed by atoms with van der Waals surface area (Å²) in [7, 11) is 0. The maximum atomic E-state index is 13.1. The number of amides is 1. The molecule has 8 heteroatoms. The number of aryl methyl sites for hydroxylation is 1. The largest absolute Gasteiger partial charge is 0.352 e. The first-order chi connectivity index (χ1) is 14.1. The second-order valence-corrected chi connectivity index (χ2v) is 6.51. The van der Waals surface area contributed by atoms with Crippen LogP contribution in [0.25, 0.3) is 11.3 Å². The van der Waals surface area contributed by atoms with Gasteiger partial charge in [0.1, 0.15) is 11.6 Å². The first kappa shape index (κ1) is 18.5. The highest BCUT2D eigenvalue weighted by atomic mass is 19.1. The Hall–Kier alpha value is -3.81. The van der Waals surface area contributed by atoms with Crippen LogP contribution in [0, 0.1) is 5.82 Å². The quantitative estimate of drug-likeness (QED) is 0.512. The zero-order valence-electron chi connectivity index (χ0n) is 15.5. The fourth-order valence-electron chi connectivity index (χ4n) is 3.04. The molecule has 146 valence electrons. The summed E-state index contributed by atoms with van der Waals surface area (Å²) in [5, 5.41) is 11.1. The van der Waals surface area contributed by atoms with Gasteiger partial charge in [-0.1, -0.05) is 6.07 Å². The molecule has 1 amide bonds. The number of carbonyl (C=O) groups is 1. The lowest BCUT2D eigenvalue weighted by molar-refractivity contribution is 0.0952. The first-order valence-electron chi connectivity index (χ1n) is 9.17. The summed E-state index contributed by atoms with van der Waals surface area (Å²) in [6, 6.07) is 14.0. The highest BCUT2D eigenvalue weighted by Gasteiger charge is 2.09. The Bertz CT molecular complexity index is 1210. The summed E-state index contributed by atoms with van der Waals surface area (Å²) in [5.74, 6) is 0.155. The minimum Gasteiger partial charge on any atom is -0.352 e. The van der Waals surface area contributed by atoms with Gasteiger partial charge in [-0.3, -0.25) is 18.6 Å². The Morgan fingerprint density at radius 3 is 2.69 bits per heavy atom. The third-order valence-corrected chi connectivity index (χ3v) is 4.53. The Labute approximate surface area is 165 Å². The van der Waals surface area contributed by atoms with E-state index in [1.165, 1.54) is 47.2 Å². The van der Waals surface area contributed by atoms with Crippen LogP contribution in [0.2, 0.25) is 0 Å². The molecule has 0 saturated carbocycles. The van der Waals surface area contributed by atoms with Crippen LogP contribution in [-0.2, 0) is 6.42 Å². The average molecular weight is 391 g/mol. The third kappa shape index (κ3) is 4.06. The van der Waals surface area contributed by atoms with Crippen molar-refractivity contribution in [3.63, 3.8) is 0 Å². The van der Waals surface area contributed by atoms with Gasteiger partial charge in [-0.2, -0.15) is 0 Å². The van der Waals surface area contributed by atoms with E-state index in [1.54, 1.807) is 0 Å². The molecule has 4 rings (SSSR count). The molecule has 3 heterocycles. The fourth-order valence-corrected chi connectivity index (χ4v) is 3.04. The lowest BCUT2D eigenvalue weighted by Crippen LogP contribution is -2.27. The van der Waals surface area contributed by atoms with Crippen LogP contribution >= 0.6 is 0 Å². The lowest BCUT2D eigenvalue weighted by atomic mass is 10.2. The molecule has 1 aromatic carbocycles. The number of aromatic nitrogens is 4. The molecule has 0 aliphatic carbocycles. The number of hydrogen-bond donors (Lipinski definition) is 1. The minimum absolute atomic E-state index is 0.285. The molecule has 0 atom stereocenters. The lowest BCUT2D eigenvalue weighted by Gasteiger charge is -2.09. The second kappa shape index (κ2) is 8.05. The van der Waals surface area contributed by atoms with Crippen molar-refractivity contribution in [2.75, 3.05) is 6.54 Å². The second-order valence-electron chi connectivity index (χ2n) is 6.51. The van der Waals surface area contributed by atoms with Crippen molar-refractivity contribution in [3.05, 3.63) is 94.5 Å². The van der Waals surface area contributed by atoms with Crippen molar-refractivity contribution in [3.8, 4) is 5.69 Å². The van der Waals surface area contributed by atoms with E-state index >= 15 is 0 Å². The molecular formula is C21H18FN5O2. The molecule has 0 unspecified atom stereocenters. The number of pyridine rings is 2. The molecular weight excluding hydrogens is 373 g/mol. The Balaban J connectivity index is 1.39. The molecule has 0 aliphatic rings. The number of nitrogens with zero attached hydrogens (tertiary/aromatic N) is 4. The Morgan fingerprint density at radius 1 is 1.03 bits per heavy atom. The number of rotatable bonds is 6. The van der Waals surface area contributed by atoms with Gasteiger partial charge in [-0.25, -0.2) is 4.39 Å². The summed E-state index contributed by atoms with van der Waals surface area (Å²) in [6.07, 6.45) is 4.72. The first-order valence-corrected chi connectivity index (χ1v) is 9.17. The normalized spacial score (nSPS) is 10.9. The molecule has 0 fully saturated rings. The van der Waals surface area contributed by atoms with Crippen molar-refractivity contribution >= 4 is 11.6 Å². The van der Waals surface area contributed by atoms with Crippen LogP contribution in [0.15, 0.2) is 71.8 Å². The van der Waals surface area contributed by atoms with Crippen molar-refractivity contribution in [2.45, 2.75) is 12.8 Å². The maximum Gasteiger partial charge on any atom is 0.255 e. The summed E-state index contributed by atoms with van der Waals surface area (Å²) >= 11 is 0. The molecule has 0 saturated heterocycles. The van der Waals surface area contributed by atoms with E-state index in [0.717, 1.165) is 11.5 Å². The molecule has 29 heavy (non-hydrogen) atoms. The third-order valence-electron chi connectivity index (χ3n) is 4.53. The van der Waals surface area contributed by atoms with Gasteiger partial charge < -0.3 is 5.32 Å². The van der Waals surface area contributed by atoms with Crippen LogP contribution in [0.4, 0.5) is 4.39 Å². The van der Waals surface area contributed by atoms with Gasteiger partial charge in [0, 0.05) is 37.1 Å². The molecule has 0 bridgehead atoms. The van der Waals surface area contributed by atoms with Gasteiger partial charge >= 0.3 is 0 Å². The molecule has 0 aliphatic heterocycles. The van der Waals surface area contributed by atoms with Crippen LogP contribution < -0.4 is 10.9 Å².